The van der Waals surface area contributed by atoms with Crippen molar-refractivity contribution in [2.45, 2.75) is 13.8 Å². The highest BCUT2D eigenvalue weighted by molar-refractivity contribution is 7.12. The van der Waals surface area contributed by atoms with Gasteiger partial charge in [-0.05, 0) is 42.5 Å². The maximum atomic E-state index is 11.8. The predicted octanol–water partition coefficient (Wildman–Crippen LogP) is 3.66. The minimum atomic E-state index is 0.140. The number of ketones is 1. The van der Waals surface area contributed by atoms with Gasteiger partial charge in [0.2, 0.25) is 0 Å². The molecule has 1 N–H and O–H groups in total. The number of hydrogen-bond donors (Lipinski definition) is 1. The fraction of sp³-hybridized carbons (Fsp3) is 0.214. The Bertz CT molecular complexity index is 517. The van der Waals surface area contributed by atoms with Crippen molar-refractivity contribution in [1.82, 2.24) is 0 Å². The molecule has 0 spiro atoms. The molecule has 2 nitrogen and oxygen atoms in total. The number of nitrogens with one attached hydrogen (secondary N) is 1. The van der Waals surface area contributed by atoms with E-state index in [1.807, 2.05) is 29.6 Å². The molecule has 0 fully saturated rings. The zero-order chi connectivity index (χ0) is 12.3. The van der Waals surface area contributed by atoms with Crippen molar-refractivity contribution in [2.75, 3.05) is 11.9 Å². The van der Waals surface area contributed by atoms with Gasteiger partial charge in [0.05, 0.1) is 11.4 Å². The number of carbonyl (C=O) groups excluding carboxylic acids is 1. The van der Waals surface area contributed by atoms with Gasteiger partial charge in [0, 0.05) is 5.69 Å². The van der Waals surface area contributed by atoms with Crippen LogP contribution in [0.4, 0.5) is 5.69 Å². The van der Waals surface area contributed by atoms with Gasteiger partial charge in [0.1, 0.15) is 0 Å². The first-order valence-electron chi connectivity index (χ1n) is 5.55. The molecule has 0 aliphatic carbocycles. The van der Waals surface area contributed by atoms with Crippen LogP contribution in [0.15, 0.2) is 35.7 Å². The second-order valence-electron chi connectivity index (χ2n) is 4.00. The first-order chi connectivity index (χ1) is 8.18. The first kappa shape index (κ1) is 11.9. The van der Waals surface area contributed by atoms with E-state index in [-0.39, 0.29) is 5.78 Å². The Morgan fingerprint density at radius 1 is 1.24 bits per heavy atom. The summed E-state index contributed by atoms with van der Waals surface area (Å²) in [6.07, 6.45) is 0. The fourth-order valence-electron chi connectivity index (χ4n) is 1.64. The van der Waals surface area contributed by atoms with Crippen LogP contribution in [0.1, 0.15) is 20.8 Å². The van der Waals surface area contributed by atoms with E-state index >= 15 is 0 Å². The maximum Gasteiger partial charge on any atom is 0.191 e. The van der Waals surface area contributed by atoms with Gasteiger partial charge in [-0.2, -0.15) is 0 Å². The zero-order valence-corrected chi connectivity index (χ0v) is 10.8. The minimum absolute atomic E-state index is 0.140. The molecule has 0 bridgehead atoms. The van der Waals surface area contributed by atoms with Crippen LogP contribution in [-0.4, -0.2) is 12.3 Å². The molecule has 1 heterocycles. The Morgan fingerprint density at radius 2 is 2.06 bits per heavy atom. The van der Waals surface area contributed by atoms with Crippen molar-refractivity contribution >= 4 is 22.8 Å². The van der Waals surface area contributed by atoms with E-state index in [4.69, 9.17) is 0 Å². The van der Waals surface area contributed by atoms with E-state index in [2.05, 4.69) is 25.2 Å². The van der Waals surface area contributed by atoms with Crippen LogP contribution in [0, 0.1) is 13.8 Å². The molecule has 0 aliphatic rings. The topological polar surface area (TPSA) is 29.1 Å². The van der Waals surface area contributed by atoms with Crippen LogP contribution < -0.4 is 5.32 Å². The summed E-state index contributed by atoms with van der Waals surface area (Å²) in [6, 6.07) is 9.83. The minimum Gasteiger partial charge on any atom is -0.377 e. The van der Waals surface area contributed by atoms with Gasteiger partial charge >= 0.3 is 0 Å². The highest BCUT2D eigenvalue weighted by Crippen LogP contribution is 2.18. The number of Topliss-reactive ketones (excluding diaryl/α,β-unsaturated/α-hetero) is 1. The largest absolute Gasteiger partial charge is 0.377 e. The summed E-state index contributed by atoms with van der Waals surface area (Å²) in [5.74, 6) is 0.140. The summed E-state index contributed by atoms with van der Waals surface area (Å²) in [5.41, 5.74) is 3.47. The van der Waals surface area contributed by atoms with Crippen molar-refractivity contribution < 1.29 is 4.79 Å². The summed E-state index contributed by atoms with van der Waals surface area (Å²) < 4.78 is 0. The number of benzene rings is 1. The summed E-state index contributed by atoms with van der Waals surface area (Å²) >= 11 is 1.48. The lowest BCUT2D eigenvalue weighted by molar-refractivity contribution is 0.101. The molecule has 0 amide bonds. The van der Waals surface area contributed by atoms with Crippen LogP contribution in [0.3, 0.4) is 0 Å². The summed E-state index contributed by atoms with van der Waals surface area (Å²) in [7, 11) is 0. The van der Waals surface area contributed by atoms with Gasteiger partial charge < -0.3 is 5.32 Å². The molecule has 1 aromatic carbocycles. The normalized spacial score (nSPS) is 10.2. The Hall–Kier alpha value is -1.61. The average Bonchev–Trinajstić information content (AvgIpc) is 2.84. The van der Waals surface area contributed by atoms with Gasteiger partial charge in [-0.3, -0.25) is 4.79 Å². The number of thiophene rings is 1. The van der Waals surface area contributed by atoms with Crippen LogP contribution in [0.5, 0.6) is 0 Å². The molecule has 0 radical (unpaired) electrons. The molecule has 88 valence electrons. The standard InChI is InChI=1S/C14H15NOS/c1-10-5-3-6-12(11(10)2)15-9-13(16)14-7-4-8-17-14/h3-8,15H,9H2,1-2H3. The van der Waals surface area contributed by atoms with Gasteiger partial charge in [-0.25, -0.2) is 0 Å². The van der Waals surface area contributed by atoms with Crippen LogP contribution in [0.25, 0.3) is 0 Å². The van der Waals surface area contributed by atoms with E-state index < -0.39 is 0 Å². The Balaban J connectivity index is 2.03. The third kappa shape index (κ3) is 2.74. The number of hydrogen-bond acceptors (Lipinski definition) is 3. The second kappa shape index (κ2) is 5.15. The van der Waals surface area contributed by atoms with Gasteiger partial charge in [0.15, 0.2) is 5.78 Å². The second-order valence-corrected chi connectivity index (χ2v) is 4.95. The highest BCUT2D eigenvalue weighted by Gasteiger charge is 2.07. The van der Waals surface area contributed by atoms with E-state index in [9.17, 15) is 4.79 Å². The lowest BCUT2D eigenvalue weighted by atomic mass is 10.1. The molecule has 17 heavy (non-hydrogen) atoms. The number of anilines is 1. The van der Waals surface area contributed by atoms with E-state index in [0.29, 0.717) is 6.54 Å². The Kier molecular flexibility index (Phi) is 3.59. The van der Waals surface area contributed by atoms with Crippen molar-refractivity contribution in [3.63, 3.8) is 0 Å². The average molecular weight is 245 g/mol. The van der Waals surface area contributed by atoms with Gasteiger partial charge in [-0.1, -0.05) is 18.2 Å². The molecule has 1 aromatic heterocycles. The molecule has 0 saturated carbocycles. The maximum absolute atomic E-state index is 11.8. The first-order valence-corrected chi connectivity index (χ1v) is 6.43. The number of carbonyl (C=O) groups is 1. The quantitative estimate of drug-likeness (QED) is 0.833. The number of rotatable bonds is 4. The van der Waals surface area contributed by atoms with E-state index in [1.165, 1.54) is 22.5 Å². The predicted molar refractivity (Wildman–Crippen MR) is 73.1 cm³/mol. The summed E-state index contributed by atoms with van der Waals surface area (Å²) in [6.45, 7) is 4.49. The Labute approximate surface area is 105 Å². The molecular weight excluding hydrogens is 230 g/mol. The van der Waals surface area contributed by atoms with Gasteiger partial charge in [0.25, 0.3) is 0 Å². The molecule has 0 unspecified atom stereocenters. The van der Waals surface area contributed by atoms with Crippen molar-refractivity contribution in [3.8, 4) is 0 Å². The summed E-state index contributed by atoms with van der Waals surface area (Å²) in [5, 5.41) is 5.12. The van der Waals surface area contributed by atoms with E-state index in [0.717, 1.165) is 10.6 Å². The molecule has 2 aromatic rings. The molecule has 0 saturated heterocycles. The third-order valence-electron chi connectivity index (χ3n) is 2.84. The third-order valence-corrected chi connectivity index (χ3v) is 3.75. The van der Waals surface area contributed by atoms with Gasteiger partial charge in [-0.15, -0.1) is 11.3 Å². The molecule has 3 heteroatoms. The number of aryl methyl sites for hydroxylation is 1. The van der Waals surface area contributed by atoms with Crippen molar-refractivity contribution in [3.05, 3.63) is 51.7 Å². The van der Waals surface area contributed by atoms with E-state index in [1.54, 1.807) is 0 Å². The smallest absolute Gasteiger partial charge is 0.191 e. The fourth-order valence-corrected chi connectivity index (χ4v) is 2.31. The SMILES string of the molecule is Cc1cccc(NCC(=O)c2cccs2)c1C. The molecule has 2 rings (SSSR count). The monoisotopic (exact) mass is 245 g/mol. The van der Waals surface area contributed by atoms with Crippen LogP contribution in [0.2, 0.25) is 0 Å². The van der Waals surface area contributed by atoms with Crippen LogP contribution in [-0.2, 0) is 0 Å². The lowest BCUT2D eigenvalue weighted by Crippen LogP contribution is -2.13. The highest BCUT2D eigenvalue weighted by atomic mass is 32.1. The van der Waals surface area contributed by atoms with Crippen molar-refractivity contribution in [2.24, 2.45) is 0 Å². The Morgan fingerprint density at radius 3 is 2.76 bits per heavy atom. The lowest BCUT2D eigenvalue weighted by Gasteiger charge is -2.10. The van der Waals surface area contributed by atoms with Crippen LogP contribution >= 0.6 is 11.3 Å². The van der Waals surface area contributed by atoms with Crippen molar-refractivity contribution in [1.29, 1.82) is 0 Å². The molecule has 0 atom stereocenters. The zero-order valence-electron chi connectivity index (χ0n) is 9.99. The molecule has 0 aliphatic heterocycles. The molecular formula is C14H15NOS. The summed E-state index contributed by atoms with van der Waals surface area (Å²) in [4.78, 5) is 12.6.